The third-order valence-electron chi connectivity index (χ3n) is 5.26. The van der Waals surface area contributed by atoms with Gasteiger partial charge >= 0.3 is 0 Å². The highest BCUT2D eigenvalue weighted by atomic mass is 32.1. The molecule has 1 spiro atoms. The zero-order valence-corrected chi connectivity index (χ0v) is 13.8. The zero-order valence-electron chi connectivity index (χ0n) is 13.0. The molecule has 3 heterocycles. The number of hydrogen-bond donors (Lipinski definition) is 0. The summed E-state index contributed by atoms with van der Waals surface area (Å²) in [4.78, 5) is 16.6. The number of morpholine rings is 1. The molecule has 4 rings (SSSR count). The molecule has 0 aromatic carbocycles. The lowest BCUT2D eigenvalue weighted by Crippen LogP contribution is -2.58. The molecule has 0 N–H and O–H groups in total. The molecule has 1 aliphatic carbocycles. The Balaban J connectivity index is 1.33. The third kappa shape index (κ3) is 3.21. The molecule has 0 unspecified atom stereocenters. The van der Waals surface area contributed by atoms with Crippen molar-refractivity contribution in [2.45, 2.75) is 37.8 Å². The van der Waals surface area contributed by atoms with Gasteiger partial charge in [-0.15, -0.1) is 0 Å². The van der Waals surface area contributed by atoms with E-state index in [1.54, 1.807) is 11.3 Å². The van der Waals surface area contributed by atoms with Crippen molar-refractivity contribution in [3.05, 3.63) is 22.4 Å². The lowest BCUT2D eigenvalue weighted by atomic mass is 9.89. The minimum Gasteiger partial charge on any atom is -0.363 e. The van der Waals surface area contributed by atoms with Gasteiger partial charge in [0, 0.05) is 32.7 Å². The van der Waals surface area contributed by atoms with Gasteiger partial charge in [0.25, 0.3) is 0 Å². The standard InChI is InChI=1S/C17H24N2O2S/c20-16-11-21-17(13-19(16)10-14-1-2-14)4-6-18(7-5-17)9-15-3-8-22-12-15/h3,8,12,14H,1-2,4-7,9-11,13H2. The van der Waals surface area contributed by atoms with E-state index in [4.69, 9.17) is 4.74 Å². The van der Waals surface area contributed by atoms with Crippen LogP contribution in [0.5, 0.6) is 0 Å². The minimum absolute atomic E-state index is 0.0755. The van der Waals surface area contributed by atoms with E-state index >= 15 is 0 Å². The first-order valence-electron chi connectivity index (χ1n) is 8.38. The van der Waals surface area contributed by atoms with Gasteiger partial charge in [-0.25, -0.2) is 0 Å². The Morgan fingerprint density at radius 3 is 2.82 bits per heavy atom. The summed E-state index contributed by atoms with van der Waals surface area (Å²) in [6.45, 7) is 5.25. The van der Waals surface area contributed by atoms with Crippen LogP contribution in [0.2, 0.25) is 0 Å². The summed E-state index contributed by atoms with van der Waals surface area (Å²) in [6, 6.07) is 2.21. The van der Waals surface area contributed by atoms with Gasteiger partial charge in [-0.05, 0) is 54.0 Å². The molecule has 4 nitrogen and oxygen atoms in total. The predicted octanol–water partition coefficient (Wildman–Crippen LogP) is 2.35. The van der Waals surface area contributed by atoms with Crippen molar-refractivity contribution in [1.82, 2.24) is 9.80 Å². The normalized spacial score (nSPS) is 25.8. The monoisotopic (exact) mass is 320 g/mol. The maximum Gasteiger partial charge on any atom is 0.248 e. The summed E-state index contributed by atoms with van der Waals surface area (Å²) in [5, 5.41) is 4.38. The van der Waals surface area contributed by atoms with Gasteiger partial charge < -0.3 is 9.64 Å². The van der Waals surface area contributed by atoms with Crippen LogP contribution in [0, 0.1) is 5.92 Å². The van der Waals surface area contributed by atoms with Crippen LogP contribution in [0.3, 0.4) is 0 Å². The van der Waals surface area contributed by atoms with Gasteiger partial charge in [0.1, 0.15) is 6.61 Å². The molecule has 2 saturated heterocycles. The second-order valence-corrected chi connectivity index (χ2v) is 7.88. The highest BCUT2D eigenvalue weighted by molar-refractivity contribution is 7.07. The van der Waals surface area contributed by atoms with Crippen molar-refractivity contribution >= 4 is 17.2 Å². The number of hydrogen-bond acceptors (Lipinski definition) is 4. The fourth-order valence-corrected chi connectivity index (χ4v) is 4.29. The Kier molecular flexibility index (Phi) is 3.96. The van der Waals surface area contributed by atoms with Gasteiger partial charge in [-0.1, -0.05) is 0 Å². The summed E-state index contributed by atoms with van der Waals surface area (Å²) < 4.78 is 6.02. The van der Waals surface area contributed by atoms with Crippen LogP contribution < -0.4 is 0 Å². The number of ether oxygens (including phenoxy) is 1. The van der Waals surface area contributed by atoms with Crippen molar-refractivity contribution in [3.8, 4) is 0 Å². The molecule has 120 valence electrons. The topological polar surface area (TPSA) is 32.8 Å². The fraction of sp³-hybridized carbons (Fsp3) is 0.706. The first kappa shape index (κ1) is 14.7. The van der Waals surface area contributed by atoms with Crippen molar-refractivity contribution < 1.29 is 9.53 Å². The molecule has 1 aromatic rings. The minimum atomic E-state index is -0.0755. The van der Waals surface area contributed by atoms with E-state index < -0.39 is 0 Å². The van der Waals surface area contributed by atoms with Gasteiger partial charge in [0.15, 0.2) is 0 Å². The molecule has 0 radical (unpaired) electrons. The molecule has 2 aliphatic heterocycles. The Bertz CT molecular complexity index is 519. The average molecular weight is 320 g/mol. The van der Waals surface area contributed by atoms with E-state index in [1.807, 2.05) is 0 Å². The number of rotatable bonds is 4. The quantitative estimate of drug-likeness (QED) is 0.854. The maximum atomic E-state index is 12.1. The van der Waals surface area contributed by atoms with E-state index in [2.05, 4.69) is 26.6 Å². The SMILES string of the molecule is O=C1COC2(CCN(Cc3ccsc3)CC2)CN1CC1CC1. The molecular formula is C17H24N2O2S. The Morgan fingerprint density at radius 2 is 2.14 bits per heavy atom. The number of amides is 1. The molecular weight excluding hydrogens is 296 g/mol. The van der Waals surface area contributed by atoms with E-state index in [9.17, 15) is 4.79 Å². The Morgan fingerprint density at radius 1 is 1.32 bits per heavy atom. The van der Waals surface area contributed by atoms with Gasteiger partial charge in [-0.2, -0.15) is 11.3 Å². The Hall–Kier alpha value is -0.910. The molecule has 1 aromatic heterocycles. The lowest BCUT2D eigenvalue weighted by Gasteiger charge is -2.47. The van der Waals surface area contributed by atoms with Gasteiger partial charge in [0.05, 0.1) is 5.60 Å². The predicted molar refractivity (Wildman–Crippen MR) is 86.8 cm³/mol. The summed E-state index contributed by atoms with van der Waals surface area (Å²) in [5.74, 6) is 0.955. The lowest BCUT2D eigenvalue weighted by molar-refractivity contribution is -0.172. The molecule has 0 bridgehead atoms. The fourth-order valence-electron chi connectivity index (χ4n) is 3.63. The van der Waals surface area contributed by atoms with Crippen molar-refractivity contribution in [3.63, 3.8) is 0 Å². The van der Waals surface area contributed by atoms with Crippen molar-refractivity contribution in [2.24, 2.45) is 5.92 Å². The van der Waals surface area contributed by atoms with Crippen LogP contribution in [0.1, 0.15) is 31.2 Å². The average Bonchev–Trinajstić information content (AvgIpc) is 3.19. The van der Waals surface area contributed by atoms with Crippen LogP contribution in [-0.4, -0.2) is 54.1 Å². The van der Waals surface area contributed by atoms with E-state index in [0.29, 0.717) is 0 Å². The maximum absolute atomic E-state index is 12.1. The third-order valence-corrected chi connectivity index (χ3v) is 5.99. The van der Waals surface area contributed by atoms with E-state index in [0.717, 1.165) is 51.5 Å². The number of carbonyl (C=O) groups is 1. The van der Waals surface area contributed by atoms with Crippen molar-refractivity contribution in [1.29, 1.82) is 0 Å². The molecule has 3 aliphatic rings. The summed E-state index contributed by atoms with van der Waals surface area (Å²) in [5.41, 5.74) is 1.34. The van der Waals surface area contributed by atoms with Crippen LogP contribution in [0.4, 0.5) is 0 Å². The largest absolute Gasteiger partial charge is 0.363 e. The van der Waals surface area contributed by atoms with E-state index in [-0.39, 0.29) is 18.1 Å². The number of carbonyl (C=O) groups excluding carboxylic acids is 1. The molecule has 3 fully saturated rings. The van der Waals surface area contributed by atoms with E-state index in [1.165, 1.54) is 18.4 Å². The van der Waals surface area contributed by atoms with Crippen LogP contribution in [0.15, 0.2) is 16.8 Å². The van der Waals surface area contributed by atoms with Crippen LogP contribution in [0.25, 0.3) is 0 Å². The summed E-state index contributed by atoms with van der Waals surface area (Å²) in [7, 11) is 0. The number of piperidine rings is 1. The first-order valence-corrected chi connectivity index (χ1v) is 9.32. The number of nitrogens with zero attached hydrogens (tertiary/aromatic N) is 2. The Labute approximate surface area is 136 Å². The highest BCUT2D eigenvalue weighted by Gasteiger charge is 2.43. The zero-order chi connectivity index (χ0) is 15.0. The number of likely N-dealkylation sites (tertiary alicyclic amines) is 1. The second-order valence-electron chi connectivity index (χ2n) is 7.10. The highest BCUT2D eigenvalue weighted by Crippen LogP contribution is 2.35. The van der Waals surface area contributed by atoms with Crippen molar-refractivity contribution in [2.75, 3.05) is 32.8 Å². The van der Waals surface area contributed by atoms with Gasteiger partial charge in [-0.3, -0.25) is 9.69 Å². The number of thiophene rings is 1. The second kappa shape index (κ2) is 5.95. The van der Waals surface area contributed by atoms with Gasteiger partial charge in [0.2, 0.25) is 5.91 Å². The van der Waals surface area contributed by atoms with Crippen LogP contribution in [-0.2, 0) is 16.1 Å². The summed E-state index contributed by atoms with van der Waals surface area (Å²) >= 11 is 1.77. The molecule has 5 heteroatoms. The summed E-state index contributed by atoms with van der Waals surface area (Å²) in [6.07, 6.45) is 4.69. The van der Waals surface area contributed by atoms with Crippen LogP contribution >= 0.6 is 11.3 Å². The molecule has 22 heavy (non-hydrogen) atoms. The molecule has 0 atom stereocenters. The first-order chi connectivity index (χ1) is 10.7. The molecule has 1 saturated carbocycles. The smallest absolute Gasteiger partial charge is 0.248 e. The molecule has 1 amide bonds.